The number of aromatic amines is 1. The molecule has 4 bridgehead atoms. The van der Waals surface area contributed by atoms with Gasteiger partial charge in [-0.1, -0.05) is 68.6 Å². The Morgan fingerprint density at radius 1 is 1.17 bits per heavy atom. The predicted octanol–water partition coefficient (Wildman–Crippen LogP) is 6.10. The first kappa shape index (κ1) is 35.9. The van der Waals surface area contributed by atoms with E-state index in [2.05, 4.69) is 27.5 Å². The molecular weight excluding hydrogens is 667 g/mol. The molecule has 0 radical (unpaired) electrons. The van der Waals surface area contributed by atoms with E-state index in [1.807, 2.05) is 41.8 Å². The third kappa shape index (κ3) is 10.1. The number of para-hydroxylation sites is 1. The number of carbonyl (C=O) groups is 4. The fourth-order valence-electron chi connectivity index (χ4n) is 5.45. The van der Waals surface area contributed by atoms with E-state index in [-0.39, 0.29) is 36.3 Å². The second kappa shape index (κ2) is 17.3. The second-order valence-electron chi connectivity index (χ2n) is 12.3. The van der Waals surface area contributed by atoms with Crippen molar-refractivity contribution in [2.45, 2.75) is 95.9 Å². The zero-order valence-electron chi connectivity index (χ0n) is 27.4. The molecule has 0 saturated carbocycles. The molecule has 0 aliphatic carbocycles. The van der Waals surface area contributed by atoms with Crippen LogP contribution in [0.1, 0.15) is 81.6 Å². The van der Waals surface area contributed by atoms with Gasteiger partial charge in [0, 0.05) is 40.9 Å². The molecule has 4 heterocycles. The number of hydrogen-bond donors (Lipinski definition) is 3. The number of nitrogens with zero attached hydrogens (tertiary/aromatic N) is 2. The minimum absolute atomic E-state index is 0.0996. The Kier molecular flexibility index (Phi) is 12.9. The van der Waals surface area contributed by atoms with Crippen LogP contribution < -0.4 is 10.6 Å². The topological polar surface area (TPSA) is 143 Å². The zero-order valence-corrected chi connectivity index (χ0v) is 29.9. The molecule has 5 rings (SSSR count). The molecule has 3 N–H and O–H groups in total. The minimum Gasteiger partial charge on any atom is -0.456 e. The summed E-state index contributed by atoms with van der Waals surface area (Å²) < 4.78 is 5.94. The van der Waals surface area contributed by atoms with Crippen LogP contribution in [0.15, 0.2) is 52.9 Å². The molecule has 10 nitrogen and oxygen atoms in total. The number of aliphatic imine (C=N–C) groups is 1. The van der Waals surface area contributed by atoms with Gasteiger partial charge >= 0.3 is 5.97 Å². The number of rotatable bonds is 12. The van der Waals surface area contributed by atoms with Crippen molar-refractivity contribution in [2.75, 3.05) is 11.5 Å². The molecule has 0 fully saturated rings. The fourth-order valence-corrected chi connectivity index (χ4v) is 8.14. The van der Waals surface area contributed by atoms with Crippen molar-refractivity contribution in [3.63, 3.8) is 0 Å². The van der Waals surface area contributed by atoms with Crippen LogP contribution in [-0.4, -0.2) is 67.1 Å². The molecule has 1 aromatic carbocycles. The number of allylic oxidation sites excluding steroid dienone is 1. The van der Waals surface area contributed by atoms with E-state index in [0.29, 0.717) is 40.1 Å². The maximum Gasteiger partial charge on any atom is 0.329 e. The lowest BCUT2D eigenvalue weighted by Crippen LogP contribution is -2.52. The number of ether oxygens (including phenoxy) is 1. The van der Waals surface area contributed by atoms with E-state index in [0.717, 1.165) is 35.9 Å². The summed E-state index contributed by atoms with van der Waals surface area (Å²) in [6.45, 7) is 4.15. The predicted molar refractivity (Wildman–Crippen MR) is 194 cm³/mol. The summed E-state index contributed by atoms with van der Waals surface area (Å²) in [6.07, 6.45) is 9.41. The molecule has 2 aromatic heterocycles. The quantitative estimate of drug-likeness (QED) is 0.116. The second-order valence-corrected chi connectivity index (χ2v) is 15.3. The third-order valence-corrected chi connectivity index (χ3v) is 11.3. The smallest absolute Gasteiger partial charge is 0.329 e. The summed E-state index contributed by atoms with van der Waals surface area (Å²) >= 11 is 4.16. The summed E-state index contributed by atoms with van der Waals surface area (Å²) in [6, 6.07) is 8.70. The number of benzene rings is 1. The molecule has 3 atom stereocenters. The van der Waals surface area contributed by atoms with Gasteiger partial charge in [0.15, 0.2) is 5.12 Å². The molecule has 2 aliphatic rings. The lowest BCUT2D eigenvalue weighted by molar-refractivity contribution is -0.152. The Hall–Kier alpha value is -3.42. The summed E-state index contributed by atoms with van der Waals surface area (Å²) in [5.74, 6) is -0.337. The van der Waals surface area contributed by atoms with Gasteiger partial charge in [-0.25, -0.2) is 9.78 Å². The highest BCUT2D eigenvalue weighted by Gasteiger charge is 2.41. The van der Waals surface area contributed by atoms with Crippen LogP contribution in [0.5, 0.6) is 0 Å². The largest absolute Gasteiger partial charge is 0.456 e. The Morgan fingerprint density at radius 2 is 2.00 bits per heavy atom. The van der Waals surface area contributed by atoms with Gasteiger partial charge in [-0.05, 0) is 43.4 Å². The highest BCUT2D eigenvalue weighted by molar-refractivity contribution is 8.14. The van der Waals surface area contributed by atoms with Crippen molar-refractivity contribution >= 4 is 73.7 Å². The van der Waals surface area contributed by atoms with E-state index in [4.69, 9.17) is 9.73 Å². The number of unbranched alkanes of at least 4 members (excludes halogenated alkanes) is 4. The monoisotopic (exact) mass is 709 g/mol. The number of carbonyl (C=O) groups excluding carboxylic acids is 4. The van der Waals surface area contributed by atoms with Gasteiger partial charge in [0.1, 0.15) is 33.4 Å². The van der Waals surface area contributed by atoms with Gasteiger partial charge in [-0.2, -0.15) is 0 Å². The van der Waals surface area contributed by atoms with E-state index in [1.54, 1.807) is 13.0 Å². The Morgan fingerprint density at radius 3 is 2.83 bits per heavy atom. The van der Waals surface area contributed by atoms with E-state index in [9.17, 15) is 19.2 Å². The third-order valence-electron chi connectivity index (χ3n) is 8.17. The van der Waals surface area contributed by atoms with Crippen LogP contribution in [-0.2, 0) is 36.9 Å². The van der Waals surface area contributed by atoms with Gasteiger partial charge in [0.25, 0.3) is 0 Å². The van der Waals surface area contributed by atoms with Crippen LogP contribution in [0.25, 0.3) is 10.9 Å². The first-order chi connectivity index (χ1) is 23.2. The molecule has 0 unspecified atom stereocenters. The molecule has 256 valence electrons. The van der Waals surface area contributed by atoms with Crippen LogP contribution in [0, 0.1) is 0 Å². The van der Waals surface area contributed by atoms with Crippen molar-refractivity contribution in [1.82, 2.24) is 20.6 Å². The van der Waals surface area contributed by atoms with Gasteiger partial charge in [0.05, 0.1) is 13.0 Å². The normalized spacial score (nSPS) is 22.0. The van der Waals surface area contributed by atoms with Gasteiger partial charge in [-0.15, -0.1) is 23.1 Å². The van der Waals surface area contributed by atoms with Crippen LogP contribution in [0.4, 0.5) is 0 Å². The summed E-state index contributed by atoms with van der Waals surface area (Å²) in [5.41, 5.74) is 1.25. The number of cyclic esters (lactones) is 1. The number of nitrogens with one attached hydrogen (secondary N) is 3. The number of esters is 1. The molecule has 13 heteroatoms. The summed E-state index contributed by atoms with van der Waals surface area (Å²) in [7, 11) is 0. The maximum absolute atomic E-state index is 13.8. The van der Waals surface area contributed by atoms with Crippen molar-refractivity contribution in [3.05, 3.63) is 64.3 Å². The highest BCUT2D eigenvalue weighted by Crippen LogP contribution is 2.32. The van der Waals surface area contributed by atoms with E-state index >= 15 is 0 Å². The summed E-state index contributed by atoms with van der Waals surface area (Å²) in [4.78, 5) is 65.6. The lowest BCUT2D eigenvalue weighted by Gasteiger charge is -2.25. The lowest BCUT2D eigenvalue weighted by atomic mass is 10.0. The van der Waals surface area contributed by atoms with E-state index < -0.39 is 23.7 Å². The molecule has 0 saturated heterocycles. The van der Waals surface area contributed by atoms with Crippen LogP contribution in [0.2, 0.25) is 0 Å². The van der Waals surface area contributed by atoms with Gasteiger partial charge in [0.2, 0.25) is 11.8 Å². The number of amides is 2. The minimum atomic E-state index is -1.10. The number of H-pyrrole nitrogens is 1. The van der Waals surface area contributed by atoms with Crippen molar-refractivity contribution in [3.8, 4) is 0 Å². The van der Waals surface area contributed by atoms with Crippen molar-refractivity contribution in [2.24, 2.45) is 4.99 Å². The number of fused-ring (bicyclic) bond motifs is 5. The Labute approximate surface area is 293 Å². The number of aromatic nitrogens is 2. The average molecular weight is 710 g/mol. The molecule has 2 aliphatic heterocycles. The number of thiazole rings is 1. The van der Waals surface area contributed by atoms with Crippen molar-refractivity contribution in [1.29, 1.82) is 0 Å². The SMILES string of the molecule is CCCCCCCC(=O)SCC/C=C/[C@@H]1CC(=O)NCc2nc(cs2)C2=N[C@@](C)(CS2)C(=O)N[C@@H](Cc2cc3ccccc3[nH]2)C(=O)O1. The average Bonchev–Trinajstić information content (AvgIpc) is 3.81. The van der Waals surface area contributed by atoms with Gasteiger partial charge in [-0.3, -0.25) is 19.4 Å². The summed E-state index contributed by atoms with van der Waals surface area (Å²) in [5, 5.41) is 10.2. The Balaban J connectivity index is 1.31. The maximum atomic E-state index is 13.8. The molecule has 0 spiro atoms. The first-order valence-electron chi connectivity index (χ1n) is 16.6. The fraction of sp³-hybridized carbons (Fsp3) is 0.486. The first-order valence-corrected chi connectivity index (χ1v) is 19.4. The number of thioether (sulfide) groups is 2. The molecule has 3 aromatic rings. The van der Waals surface area contributed by atoms with Crippen LogP contribution in [0.3, 0.4) is 0 Å². The molecule has 48 heavy (non-hydrogen) atoms. The highest BCUT2D eigenvalue weighted by atomic mass is 32.2. The standard InChI is InChI=1S/C35H43N5O5S3/c1-3-4-5-6-7-15-31(42)46-16-11-10-13-25-19-29(41)36-20-30-38-28(21-47-30)32-40-35(2,22-48-32)34(44)39-27(33(43)45-25)18-24-17-23-12-8-9-14-26(23)37-24/h8-10,12-14,17,21,25,27,37H,3-7,11,15-16,18-20,22H2,1-2H3,(H,36,41)(H,39,44)/b13-10+/t25-,27+,35+/m1/s1. The molecule has 2 amide bonds. The van der Waals surface area contributed by atoms with Gasteiger partial charge < -0.3 is 20.4 Å². The Bertz CT molecular complexity index is 1630. The van der Waals surface area contributed by atoms with Crippen LogP contribution >= 0.6 is 34.9 Å². The zero-order chi connectivity index (χ0) is 33.9. The van der Waals surface area contributed by atoms with Crippen molar-refractivity contribution < 1.29 is 23.9 Å². The number of hydrogen-bond acceptors (Lipinski definition) is 10. The van der Waals surface area contributed by atoms with E-state index in [1.165, 1.54) is 47.7 Å². The molecular formula is C35H43N5O5S3.